The van der Waals surface area contributed by atoms with Gasteiger partial charge < -0.3 is 0 Å². The van der Waals surface area contributed by atoms with E-state index in [1.54, 1.807) is 0 Å². The minimum absolute atomic E-state index is 1.33. The molecule has 0 N–H and O–H groups in total. The average Bonchev–Trinajstić information content (AvgIpc) is 3.17. The summed E-state index contributed by atoms with van der Waals surface area (Å²) in [7, 11) is 0. The zero-order valence-electron chi connectivity index (χ0n) is 12.2. The molecule has 4 aromatic carbocycles. The van der Waals surface area contributed by atoms with E-state index in [1.165, 1.54) is 45.8 Å². The van der Waals surface area contributed by atoms with Crippen molar-refractivity contribution in [1.82, 2.24) is 0 Å². The fourth-order valence-corrected chi connectivity index (χ4v) is 2.14. The molecule has 0 nitrogen and oxygen atoms in total. The summed E-state index contributed by atoms with van der Waals surface area (Å²) in [4.78, 5) is 0. The van der Waals surface area contributed by atoms with Crippen molar-refractivity contribution in [2.24, 2.45) is 0 Å². The zero-order chi connectivity index (χ0) is 14.9. The number of fused-ring (bicyclic) bond motifs is 2. The molecule has 0 aliphatic heterocycles. The summed E-state index contributed by atoms with van der Waals surface area (Å²) >= 11 is 1.51. The minimum atomic E-state index is 1.33. The number of benzene rings is 2. The molecule has 0 saturated heterocycles. The van der Waals surface area contributed by atoms with Gasteiger partial charge in [0, 0.05) is 0 Å². The van der Waals surface area contributed by atoms with E-state index in [2.05, 4.69) is 88.6 Å². The van der Waals surface area contributed by atoms with Crippen molar-refractivity contribution in [2.75, 3.05) is 0 Å². The van der Waals surface area contributed by atoms with Gasteiger partial charge in [0.1, 0.15) is 0 Å². The van der Waals surface area contributed by atoms with Gasteiger partial charge in [-0.15, -0.1) is 59.3 Å². The number of hydrogen-bond acceptors (Lipinski definition) is 0. The Morgan fingerprint density at radius 1 is 0.714 bits per heavy atom. The number of rotatable bonds is 0. The van der Waals surface area contributed by atoms with Crippen LogP contribution in [0.5, 0.6) is 0 Å². The Morgan fingerprint density at radius 3 is 1.48 bits per heavy atom. The Hall–Kier alpha value is -1.59. The molecule has 0 amide bonds. The second kappa shape index (κ2) is 8.64. The third kappa shape index (κ3) is 4.72. The van der Waals surface area contributed by atoms with Gasteiger partial charge in [-0.2, -0.15) is 35.0 Å². The topological polar surface area (TPSA) is 0 Å². The maximum absolute atomic E-state index is 2.12. The van der Waals surface area contributed by atoms with Crippen LogP contribution in [-0.2, 0) is 24.2 Å². The molecule has 102 valence electrons. The Kier molecular flexibility index (Phi) is 6.50. The van der Waals surface area contributed by atoms with Crippen LogP contribution in [0.3, 0.4) is 0 Å². The molecule has 4 rings (SSSR count). The Morgan fingerprint density at radius 2 is 1.10 bits per heavy atom. The molecule has 0 atom stereocenters. The van der Waals surface area contributed by atoms with Crippen LogP contribution in [0.1, 0.15) is 6.92 Å². The largest absolute Gasteiger partial charge is 0.168 e. The second-order valence-corrected chi connectivity index (χ2v) is 6.02. The molecule has 1 heteroatoms. The molecule has 0 heterocycles. The van der Waals surface area contributed by atoms with Crippen LogP contribution in [0.15, 0.2) is 84.9 Å². The van der Waals surface area contributed by atoms with Gasteiger partial charge in [0.2, 0.25) is 0 Å². The predicted molar refractivity (Wildman–Crippen MR) is 90.8 cm³/mol. The monoisotopic (exact) mass is 348 g/mol. The van der Waals surface area contributed by atoms with Crippen LogP contribution in [0.2, 0.25) is 0 Å². The number of hydrogen-bond donors (Lipinski definition) is 0. The van der Waals surface area contributed by atoms with E-state index in [-0.39, 0.29) is 0 Å². The summed E-state index contributed by atoms with van der Waals surface area (Å²) in [5, 5.41) is 5.32. The molecule has 0 bridgehead atoms. The van der Waals surface area contributed by atoms with E-state index < -0.39 is 0 Å². The third-order valence-corrected chi connectivity index (χ3v) is 3.10. The first-order chi connectivity index (χ1) is 10.3. The van der Waals surface area contributed by atoms with E-state index in [0.717, 1.165) is 0 Å². The van der Waals surface area contributed by atoms with Gasteiger partial charge in [-0.25, -0.2) is 0 Å². The maximum atomic E-state index is 2.12. The van der Waals surface area contributed by atoms with Crippen LogP contribution in [-0.4, -0.2) is 3.71 Å². The van der Waals surface area contributed by atoms with Gasteiger partial charge in [0.05, 0.1) is 0 Å². The van der Waals surface area contributed by atoms with E-state index in [0.29, 0.717) is 0 Å². The van der Waals surface area contributed by atoms with Gasteiger partial charge in [-0.3, -0.25) is 0 Å². The molecule has 0 aliphatic carbocycles. The van der Waals surface area contributed by atoms with Crippen LogP contribution < -0.4 is 0 Å². The van der Waals surface area contributed by atoms with Gasteiger partial charge in [-0.1, -0.05) is 12.1 Å². The molecule has 0 radical (unpaired) electrons. The van der Waals surface area contributed by atoms with E-state index in [1.807, 2.05) is 6.92 Å². The van der Waals surface area contributed by atoms with Crippen molar-refractivity contribution in [2.45, 2.75) is 6.92 Å². The van der Waals surface area contributed by atoms with E-state index >= 15 is 0 Å². The molecule has 0 fully saturated rings. The Bertz CT molecular complexity index is 663. The zero-order valence-corrected chi connectivity index (χ0v) is 14.6. The Balaban J connectivity index is 0.000000130. The summed E-state index contributed by atoms with van der Waals surface area (Å²) in [6.45, 7) is 2.04. The van der Waals surface area contributed by atoms with Crippen molar-refractivity contribution in [1.29, 1.82) is 0 Å². The predicted octanol–water partition coefficient (Wildman–Crippen LogP) is 5.47. The molecular formula is C20H18Zr. The van der Waals surface area contributed by atoms with E-state index in [9.17, 15) is 0 Å². The Labute approximate surface area is 141 Å². The van der Waals surface area contributed by atoms with Crippen LogP contribution >= 0.6 is 0 Å². The van der Waals surface area contributed by atoms with Crippen molar-refractivity contribution >= 4 is 25.3 Å². The normalized spacial score (nSPS) is 9.48. The fraction of sp³-hybridized carbons (Fsp3) is 0.0500. The molecule has 4 aromatic rings. The van der Waals surface area contributed by atoms with Gasteiger partial charge in [-0.05, 0) is 0 Å². The molecule has 0 unspecified atom stereocenters. The summed E-state index contributed by atoms with van der Waals surface area (Å²) in [6.07, 6.45) is 0. The van der Waals surface area contributed by atoms with E-state index in [4.69, 9.17) is 0 Å². The second-order valence-electron chi connectivity index (χ2n) is 4.60. The SMILES string of the molecule is C[CH]=[Zr+2].c1ccc2[cH-]ccc2c1.c1ccc2[cH-]ccc2c1. The standard InChI is InChI=1S/2C9H7.C2H4.Zr/c2*1-2-5-9-7-3-6-8(9)4-1;1-2;/h2*1-7H;1H,2H3;/q2*-1;;+2. The summed E-state index contributed by atoms with van der Waals surface area (Å²) in [5.41, 5.74) is 0. The van der Waals surface area contributed by atoms with Crippen molar-refractivity contribution in [3.8, 4) is 0 Å². The first-order valence-electron chi connectivity index (χ1n) is 7.01. The average molecular weight is 350 g/mol. The van der Waals surface area contributed by atoms with Gasteiger partial charge in [0.15, 0.2) is 0 Å². The molecular weight excluding hydrogens is 331 g/mol. The smallest absolute Gasteiger partial charge is 0.0809 e. The maximum Gasteiger partial charge on any atom is -0.0809 e. The molecule has 0 saturated carbocycles. The molecule has 0 aromatic heterocycles. The van der Waals surface area contributed by atoms with Crippen molar-refractivity contribution in [3.05, 3.63) is 84.9 Å². The quantitative estimate of drug-likeness (QED) is 0.369. The summed E-state index contributed by atoms with van der Waals surface area (Å²) in [5.74, 6) is 0. The first-order valence-corrected chi connectivity index (χ1v) is 8.43. The van der Waals surface area contributed by atoms with Crippen LogP contribution in [0.4, 0.5) is 0 Å². The van der Waals surface area contributed by atoms with Crippen molar-refractivity contribution in [3.63, 3.8) is 0 Å². The third-order valence-electron chi connectivity index (χ3n) is 3.10. The summed E-state index contributed by atoms with van der Waals surface area (Å²) < 4.78 is 2.09. The van der Waals surface area contributed by atoms with Gasteiger partial charge >= 0.3 is 34.9 Å². The fourth-order valence-electron chi connectivity index (χ4n) is 2.14. The van der Waals surface area contributed by atoms with Crippen molar-refractivity contribution < 1.29 is 24.2 Å². The van der Waals surface area contributed by atoms with Gasteiger partial charge in [0.25, 0.3) is 0 Å². The molecule has 21 heavy (non-hydrogen) atoms. The minimum Gasteiger partial charge on any atom is -0.168 e. The van der Waals surface area contributed by atoms with Crippen LogP contribution in [0, 0.1) is 0 Å². The molecule has 0 aliphatic rings. The first kappa shape index (κ1) is 15.8. The summed E-state index contributed by atoms with van der Waals surface area (Å²) in [6, 6.07) is 29.3. The molecule has 0 spiro atoms. The van der Waals surface area contributed by atoms with Crippen LogP contribution in [0.25, 0.3) is 21.5 Å².